The van der Waals surface area contributed by atoms with Crippen molar-refractivity contribution in [2.24, 2.45) is 0 Å². The van der Waals surface area contributed by atoms with Crippen LogP contribution in [0.5, 0.6) is 0 Å². The highest BCUT2D eigenvalue weighted by Crippen LogP contribution is 2.33. The van der Waals surface area contributed by atoms with Crippen LogP contribution in [0.3, 0.4) is 0 Å². The first-order chi connectivity index (χ1) is 8.57. The van der Waals surface area contributed by atoms with Crippen molar-refractivity contribution in [3.63, 3.8) is 0 Å². The maximum atomic E-state index is 10.6. The summed E-state index contributed by atoms with van der Waals surface area (Å²) in [6.07, 6.45) is 0.719. The third kappa shape index (κ3) is 3.61. The van der Waals surface area contributed by atoms with Crippen LogP contribution in [0.2, 0.25) is 0 Å². The van der Waals surface area contributed by atoms with E-state index in [0.29, 0.717) is 19.4 Å². The lowest BCUT2D eigenvalue weighted by atomic mass is 9.87. The highest BCUT2D eigenvalue weighted by atomic mass is 35.5. The van der Waals surface area contributed by atoms with Crippen LogP contribution in [0.4, 0.5) is 5.69 Å². The molecule has 0 aliphatic heterocycles. The van der Waals surface area contributed by atoms with E-state index in [1.807, 2.05) is 38.1 Å². The zero-order chi connectivity index (χ0) is 13.6. The van der Waals surface area contributed by atoms with Gasteiger partial charge in [0.15, 0.2) is 0 Å². The maximum Gasteiger partial charge on any atom is 0.0911 e. The van der Waals surface area contributed by atoms with Gasteiger partial charge in [0.2, 0.25) is 0 Å². The molecule has 0 aliphatic carbocycles. The number of nitrogens with one attached hydrogen (secondary N) is 1. The molecular weight excluding hydrogens is 250 g/mol. The predicted molar refractivity (Wildman–Crippen MR) is 76.1 cm³/mol. The minimum atomic E-state index is -0.824. The summed E-state index contributed by atoms with van der Waals surface area (Å²) in [5.74, 6) is 0.195. The summed E-state index contributed by atoms with van der Waals surface area (Å²) in [5, 5.41) is 23.2. The maximum absolute atomic E-state index is 10.6. The van der Waals surface area contributed by atoms with E-state index in [9.17, 15) is 10.2 Å². The van der Waals surface area contributed by atoms with Crippen molar-refractivity contribution in [3.8, 4) is 0 Å². The van der Waals surface area contributed by atoms with Crippen molar-refractivity contribution >= 4 is 17.3 Å². The van der Waals surface area contributed by atoms with Gasteiger partial charge >= 0.3 is 0 Å². The molecule has 0 saturated carbocycles. The minimum Gasteiger partial charge on any atom is -0.390 e. The quantitative estimate of drug-likeness (QED) is 0.669. The molecule has 0 spiro atoms. The van der Waals surface area contributed by atoms with Crippen molar-refractivity contribution < 1.29 is 10.2 Å². The number of alkyl halides is 1. The van der Waals surface area contributed by atoms with Gasteiger partial charge in [-0.05, 0) is 18.9 Å². The average Bonchev–Trinajstić information content (AvgIpc) is 2.44. The zero-order valence-corrected chi connectivity index (χ0v) is 11.7. The number of aliphatic hydroxyl groups excluding tert-OH is 1. The second-order valence-corrected chi connectivity index (χ2v) is 4.78. The first-order valence-corrected chi connectivity index (χ1v) is 6.90. The molecule has 1 atom stereocenters. The second kappa shape index (κ2) is 6.98. The number of para-hydroxylation sites is 1. The van der Waals surface area contributed by atoms with Gasteiger partial charge in [0, 0.05) is 17.8 Å². The second-order valence-electron chi connectivity index (χ2n) is 4.47. The molecule has 0 saturated heterocycles. The molecule has 18 heavy (non-hydrogen) atoms. The van der Waals surface area contributed by atoms with Crippen LogP contribution in [0, 0.1) is 0 Å². The fourth-order valence-corrected chi connectivity index (χ4v) is 2.07. The number of benzene rings is 1. The number of anilines is 1. The van der Waals surface area contributed by atoms with E-state index in [1.165, 1.54) is 0 Å². The van der Waals surface area contributed by atoms with Gasteiger partial charge in [-0.1, -0.05) is 32.0 Å². The summed E-state index contributed by atoms with van der Waals surface area (Å²) in [6, 6.07) is 7.65. The predicted octanol–water partition coefficient (Wildman–Crippen LogP) is 2.71. The summed E-state index contributed by atoms with van der Waals surface area (Å²) in [4.78, 5) is 0. The molecule has 0 amide bonds. The number of halogens is 1. The molecule has 1 aromatic carbocycles. The molecule has 3 N–H and O–H groups in total. The van der Waals surface area contributed by atoms with Crippen LogP contribution in [0.1, 0.15) is 32.3 Å². The molecule has 0 aliphatic rings. The molecule has 1 rings (SSSR count). The van der Waals surface area contributed by atoms with Crippen molar-refractivity contribution in [2.75, 3.05) is 17.7 Å². The Bertz CT molecular complexity index is 367. The fraction of sp³-hybridized carbons (Fsp3) is 0.571. The lowest BCUT2D eigenvalue weighted by Crippen LogP contribution is -2.27. The number of hydrogen-bond acceptors (Lipinski definition) is 3. The Hall–Kier alpha value is -0.770. The van der Waals surface area contributed by atoms with E-state index in [2.05, 4.69) is 5.32 Å². The normalized spacial score (nSPS) is 13.4. The van der Waals surface area contributed by atoms with Gasteiger partial charge in [0.1, 0.15) is 0 Å². The first kappa shape index (κ1) is 15.3. The monoisotopic (exact) mass is 271 g/mol. The molecule has 4 heteroatoms. The molecule has 0 aromatic heterocycles. The van der Waals surface area contributed by atoms with Gasteiger partial charge in [-0.3, -0.25) is 0 Å². The summed E-state index contributed by atoms with van der Waals surface area (Å²) < 4.78 is 0. The number of rotatable bonds is 7. The Morgan fingerprint density at radius 1 is 1.28 bits per heavy atom. The van der Waals surface area contributed by atoms with Gasteiger partial charge < -0.3 is 15.5 Å². The largest absolute Gasteiger partial charge is 0.390 e. The topological polar surface area (TPSA) is 52.5 Å². The minimum absolute atomic E-state index is 0.195. The summed E-state index contributed by atoms with van der Waals surface area (Å²) in [5.41, 5.74) is 0.903. The highest BCUT2D eigenvalue weighted by Gasteiger charge is 2.27. The highest BCUT2D eigenvalue weighted by molar-refractivity contribution is 6.18. The first-order valence-electron chi connectivity index (χ1n) is 6.37. The molecule has 3 nitrogen and oxygen atoms in total. The molecule has 1 aromatic rings. The van der Waals surface area contributed by atoms with E-state index in [0.717, 1.165) is 11.3 Å². The van der Waals surface area contributed by atoms with E-state index < -0.39 is 11.7 Å². The Labute approximate surface area is 114 Å². The van der Waals surface area contributed by atoms with E-state index in [-0.39, 0.29) is 5.88 Å². The Kier molecular flexibility index (Phi) is 5.93. The smallest absolute Gasteiger partial charge is 0.0911 e. The van der Waals surface area contributed by atoms with Crippen molar-refractivity contribution in [1.82, 2.24) is 0 Å². The van der Waals surface area contributed by atoms with Gasteiger partial charge in [-0.2, -0.15) is 0 Å². The third-order valence-electron chi connectivity index (χ3n) is 3.30. The number of aliphatic hydroxyl groups is 2. The Morgan fingerprint density at radius 2 is 1.89 bits per heavy atom. The molecule has 0 bridgehead atoms. The van der Waals surface area contributed by atoms with Crippen LogP contribution in [0.15, 0.2) is 24.3 Å². The molecule has 102 valence electrons. The third-order valence-corrected chi connectivity index (χ3v) is 3.66. The standard InChI is InChI=1S/C14H22ClNO2/c1-3-14(18,4-2)12-7-5-6-8-13(12)16-10-11(17)9-15/h5-8,11,16-18H,3-4,9-10H2,1-2H3. The number of hydrogen-bond donors (Lipinski definition) is 3. The summed E-state index contributed by atoms with van der Waals surface area (Å²) in [7, 11) is 0. The average molecular weight is 272 g/mol. The van der Waals surface area contributed by atoms with Gasteiger partial charge in [0.25, 0.3) is 0 Å². The van der Waals surface area contributed by atoms with E-state index in [4.69, 9.17) is 11.6 Å². The van der Waals surface area contributed by atoms with Crippen molar-refractivity contribution in [3.05, 3.63) is 29.8 Å². The SMILES string of the molecule is CCC(O)(CC)c1ccccc1NCC(O)CCl. The molecule has 0 heterocycles. The Balaban J connectivity index is 2.92. The summed E-state index contributed by atoms with van der Waals surface area (Å²) >= 11 is 5.56. The molecule has 1 unspecified atom stereocenters. The van der Waals surface area contributed by atoms with E-state index in [1.54, 1.807) is 0 Å². The van der Waals surface area contributed by atoms with Crippen LogP contribution in [-0.4, -0.2) is 28.7 Å². The lowest BCUT2D eigenvalue weighted by Gasteiger charge is -2.28. The zero-order valence-electron chi connectivity index (χ0n) is 11.0. The van der Waals surface area contributed by atoms with E-state index >= 15 is 0 Å². The van der Waals surface area contributed by atoms with Crippen LogP contribution < -0.4 is 5.32 Å². The molecule has 0 fully saturated rings. The van der Waals surface area contributed by atoms with Crippen molar-refractivity contribution in [2.45, 2.75) is 38.4 Å². The van der Waals surface area contributed by atoms with Crippen molar-refractivity contribution in [1.29, 1.82) is 0 Å². The summed E-state index contributed by atoms with van der Waals surface area (Å²) in [6.45, 7) is 4.31. The fourth-order valence-electron chi connectivity index (χ4n) is 1.96. The van der Waals surface area contributed by atoms with Gasteiger partial charge in [-0.25, -0.2) is 0 Å². The van der Waals surface area contributed by atoms with Crippen LogP contribution >= 0.6 is 11.6 Å². The lowest BCUT2D eigenvalue weighted by molar-refractivity contribution is 0.0290. The van der Waals surface area contributed by atoms with Gasteiger partial charge in [0.05, 0.1) is 17.6 Å². The molecule has 0 radical (unpaired) electrons. The van der Waals surface area contributed by atoms with Crippen LogP contribution in [0.25, 0.3) is 0 Å². The van der Waals surface area contributed by atoms with Crippen LogP contribution in [-0.2, 0) is 5.60 Å². The van der Waals surface area contributed by atoms with Gasteiger partial charge in [-0.15, -0.1) is 11.6 Å². The molecular formula is C14H22ClNO2. The Morgan fingerprint density at radius 3 is 2.44 bits per heavy atom.